The number of rotatable bonds is 6. The first-order valence-electron chi connectivity index (χ1n) is 4.73. The molecule has 0 N–H and O–H groups in total. The Labute approximate surface area is 94.2 Å². The molecule has 0 bridgehead atoms. The van der Waals surface area contributed by atoms with Gasteiger partial charge in [-0.15, -0.1) is 0 Å². The van der Waals surface area contributed by atoms with Crippen molar-refractivity contribution in [2.24, 2.45) is 5.92 Å². The SMILES string of the molecule is COSC(C)(C)C(C=O)Cn1ccnc1. The molecule has 0 amide bonds. The Kier molecular flexibility index (Phi) is 4.35. The van der Waals surface area contributed by atoms with Gasteiger partial charge in [0.05, 0.1) is 13.4 Å². The predicted octanol–water partition coefficient (Wildman–Crippen LogP) is 1.77. The van der Waals surface area contributed by atoms with E-state index in [-0.39, 0.29) is 10.7 Å². The maximum atomic E-state index is 11.1. The first-order valence-corrected chi connectivity index (χ1v) is 5.47. The average molecular weight is 228 g/mol. The van der Waals surface area contributed by atoms with E-state index in [1.807, 2.05) is 24.6 Å². The van der Waals surface area contributed by atoms with Gasteiger partial charge in [-0.1, -0.05) is 0 Å². The van der Waals surface area contributed by atoms with Crippen molar-refractivity contribution in [2.45, 2.75) is 25.1 Å². The monoisotopic (exact) mass is 228 g/mol. The smallest absolute Gasteiger partial charge is 0.126 e. The zero-order valence-electron chi connectivity index (χ0n) is 9.21. The standard InChI is InChI=1S/C10H16N2O2S/c1-10(2,15-14-3)9(7-13)6-12-5-4-11-8-12/h4-5,7-9H,6H2,1-3H3. The molecule has 0 aliphatic rings. The molecule has 0 radical (unpaired) electrons. The van der Waals surface area contributed by atoms with Crippen molar-refractivity contribution in [3.8, 4) is 0 Å². The maximum absolute atomic E-state index is 11.1. The first-order chi connectivity index (χ1) is 7.10. The summed E-state index contributed by atoms with van der Waals surface area (Å²) in [6.07, 6.45) is 6.25. The van der Waals surface area contributed by atoms with Gasteiger partial charge < -0.3 is 13.5 Å². The average Bonchev–Trinajstić information content (AvgIpc) is 2.66. The molecule has 0 aromatic carbocycles. The summed E-state index contributed by atoms with van der Waals surface area (Å²) in [7, 11) is 1.62. The van der Waals surface area contributed by atoms with Crippen LogP contribution < -0.4 is 0 Å². The summed E-state index contributed by atoms with van der Waals surface area (Å²) in [5.74, 6) is -0.100. The second-order valence-corrected chi connectivity index (χ2v) is 5.41. The Hall–Kier alpha value is -0.810. The lowest BCUT2D eigenvalue weighted by Crippen LogP contribution is -2.32. The molecule has 0 spiro atoms. The van der Waals surface area contributed by atoms with Gasteiger partial charge in [-0.3, -0.25) is 0 Å². The second-order valence-electron chi connectivity index (χ2n) is 3.86. The quantitative estimate of drug-likeness (QED) is 0.550. The highest BCUT2D eigenvalue weighted by atomic mass is 32.2. The van der Waals surface area contributed by atoms with Gasteiger partial charge in [-0.05, 0) is 25.9 Å². The van der Waals surface area contributed by atoms with E-state index in [9.17, 15) is 4.79 Å². The van der Waals surface area contributed by atoms with Gasteiger partial charge in [0.2, 0.25) is 0 Å². The minimum atomic E-state index is -0.235. The number of hydrogen-bond donors (Lipinski definition) is 0. The number of imidazole rings is 1. The Balaban J connectivity index is 2.67. The summed E-state index contributed by atoms with van der Waals surface area (Å²) < 4.78 is 6.71. The molecule has 1 rings (SSSR count). The lowest BCUT2D eigenvalue weighted by molar-refractivity contribution is -0.112. The van der Waals surface area contributed by atoms with Crippen molar-refractivity contribution in [3.05, 3.63) is 18.7 Å². The number of hydrogen-bond acceptors (Lipinski definition) is 4. The van der Waals surface area contributed by atoms with Crippen LogP contribution in [0.25, 0.3) is 0 Å². The van der Waals surface area contributed by atoms with E-state index in [0.29, 0.717) is 6.54 Å². The lowest BCUT2D eigenvalue weighted by Gasteiger charge is -2.28. The van der Waals surface area contributed by atoms with E-state index < -0.39 is 0 Å². The number of nitrogens with zero attached hydrogens (tertiary/aromatic N) is 2. The van der Waals surface area contributed by atoms with Gasteiger partial charge in [-0.2, -0.15) is 0 Å². The molecular weight excluding hydrogens is 212 g/mol. The molecule has 1 aromatic rings. The van der Waals surface area contributed by atoms with Crippen LogP contribution in [0.3, 0.4) is 0 Å². The summed E-state index contributed by atoms with van der Waals surface area (Å²) in [6.45, 7) is 4.63. The van der Waals surface area contributed by atoms with Gasteiger partial charge in [0.25, 0.3) is 0 Å². The van der Waals surface area contributed by atoms with Gasteiger partial charge in [0.15, 0.2) is 0 Å². The Morgan fingerprint density at radius 2 is 2.40 bits per heavy atom. The van der Waals surface area contributed by atoms with Gasteiger partial charge in [-0.25, -0.2) is 4.98 Å². The molecule has 0 aliphatic carbocycles. The van der Waals surface area contributed by atoms with Gasteiger partial charge in [0.1, 0.15) is 6.29 Å². The molecule has 1 atom stereocenters. The molecule has 1 heterocycles. The Morgan fingerprint density at radius 1 is 1.67 bits per heavy atom. The van der Waals surface area contributed by atoms with Crippen LogP contribution in [0.4, 0.5) is 0 Å². The molecule has 1 unspecified atom stereocenters. The highest BCUT2D eigenvalue weighted by molar-refractivity contribution is 7.96. The van der Waals surface area contributed by atoms with Gasteiger partial charge in [0, 0.05) is 29.6 Å². The van der Waals surface area contributed by atoms with Crippen LogP contribution in [-0.4, -0.2) is 27.7 Å². The van der Waals surface area contributed by atoms with Crippen LogP contribution in [0.2, 0.25) is 0 Å². The highest BCUT2D eigenvalue weighted by Crippen LogP contribution is 2.32. The van der Waals surface area contributed by atoms with Crippen LogP contribution >= 0.6 is 12.0 Å². The molecule has 5 heteroatoms. The summed E-state index contributed by atoms with van der Waals surface area (Å²) in [5, 5.41) is 0. The molecule has 0 saturated heterocycles. The Morgan fingerprint density at radius 3 is 2.87 bits per heavy atom. The molecule has 0 fully saturated rings. The third kappa shape index (κ3) is 3.35. The maximum Gasteiger partial charge on any atom is 0.126 e. The van der Waals surface area contributed by atoms with Crippen LogP contribution in [0.15, 0.2) is 18.7 Å². The van der Waals surface area contributed by atoms with Crippen LogP contribution in [-0.2, 0) is 15.5 Å². The number of aromatic nitrogens is 2. The van der Waals surface area contributed by atoms with E-state index in [1.165, 1.54) is 12.0 Å². The van der Waals surface area contributed by atoms with Crippen LogP contribution in [0.5, 0.6) is 0 Å². The summed E-state index contributed by atoms with van der Waals surface area (Å²) in [4.78, 5) is 15.0. The number of aldehydes is 1. The van der Waals surface area contributed by atoms with Gasteiger partial charge >= 0.3 is 0 Å². The van der Waals surface area contributed by atoms with Crippen molar-refractivity contribution < 1.29 is 8.98 Å². The van der Waals surface area contributed by atoms with Crippen molar-refractivity contribution in [2.75, 3.05) is 7.11 Å². The zero-order chi connectivity index (χ0) is 11.3. The van der Waals surface area contributed by atoms with Crippen molar-refractivity contribution >= 4 is 18.3 Å². The second kappa shape index (κ2) is 5.32. The fourth-order valence-corrected chi connectivity index (χ4v) is 2.01. The highest BCUT2D eigenvalue weighted by Gasteiger charge is 2.30. The fourth-order valence-electron chi connectivity index (χ4n) is 1.33. The van der Waals surface area contributed by atoms with E-state index in [2.05, 4.69) is 4.98 Å². The lowest BCUT2D eigenvalue weighted by atomic mass is 9.96. The fraction of sp³-hybridized carbons (Fsp3) is 0.600. The normalized spacial score (nSPS) is 13.8. The third-order valence-corrected chi connectivity index (χ3v) is 3.22. The van der Waals surface area contributed by atoms with E-state index in [1.54, 1.807) is 19.6 Å². The third-order valence-electron chi connectivity index (χ3n) is 2.32. The van der Waals surface area contributed by atoms with Crippen LogP contribution in [0, 0.1) is 5.92 Å². The minimum Gasteiger partial charge on any atom is -0.337 e. The van der Waals surface area contributed by atoms with E-state index in [0.717, 1.165) is 6.29 Å². The first kappa shape index (κ1) is 12.3. The zero-order valence-corrected chi connectivity index (χ0v) is 10.0. The molecule has 0 aliphatic heterocycles. The van der Waals surface area contributed by atoms with Crippen LogP contribution in [0.1, 0.15) is 13.8 Å². The topological polar surface area (TPSA) is 44.1 Å². The molecule has 84 valence electrons. The molecule has 4 nitrogen and oxygen atoms in total. The summed E-state index contributed by atoms with van der Waals surface area (Å²) >= 11 is 1.32. The predicted molar refractivity (Wildman–Crippen MR) is 60.5 cm³/mol. The summed E-state index contributed by atoms with van der Waals surface area (Å²) in [6, 6.07) is 0. The molecular formula is C10H16N2O2S. The van der Waals surface area contributed by atoms with Crippen molar-refractivity contribution in [3.63, 3.8) is 0 Å². The van der Waals surface area contributed by atoms with Crippen molar-refractivity contribution in [1.82, 2.24) is 9.55 Å². The van der Waals surface area contributed by atoms with E-state index in [4.69, 9.17) is 4.18 Å². The summed E-state index contributed by atoms with van der Waals surface area (Å²) in [5.41, 5.74) is 0. The molecule has 0 saturated carbocycles. The Bertz CT molecular complexity index is 298. The molecule has 1 aromatic heterocycles. The minimum absolute atomic E-state index is 0.100. The number of carbonyl (C=O) groups is 1. The largest absolute Gasteiger partial charge is 0.337 e. The number of carbonyl (C=O) groups excluding carboxylic acids is 1. The van der Waals surface area contributed by atoms with E-state index >= 15 is 0 Å². The molecule has 15 heavy (non-hydrogen) atoms. The van der Waals surface area contributed by atoms with Crippen molar-refractivity contribution in [1.29, 1.82) is 0 Å².